The Bertz CT molecular complexity index is 220. The molecule has 0 aliphatic rings. The van der Waals surface area contributed by atoms with Gasteiger partial charge in [-0.3, -0.25) is 0 Å². The third kappa shape index (κ3) is 1.04. The lowest BCUT2D eigenvalue weighted by atomic mass is 10.5. The highest BCUT2D eigenvalue weighted by Crippen LogP contribution is 2.00. The molecule has 4 N–H and O–H groups in total. The number of aromatic nitrogens is 3. The molecule has 0 unspecified atom stereocenters. The van der Waals surface area contributed by atoms with Crippen molar-refractivity contribution < 1.29 is 0 Å². The lowest BCUT2D eigenvalue weighted by molar-refractivity contribution is 0.948. The van der Waals surface area contributed by atoms with Gasteiger partial charge in [0.25, 0.3) is 0 Å². The molecule has 0 atom stereocenters. The standard InChI is InChI=1S/C4H7N5/c1-2-3(5)7-4(6)9-8-2/h1H3,(H4,5,6,7,9). The van der Waals surface area contributed by atoms with Crippen molar-refractivity contribution in [1.29, 1.82) is 0 Å². The van der Waals surface area contributed by atoms with Gasteiger partial charge in [-0.2, -0.15) is 4.98 Å². The van der Waals surface area contributed by atoms with Gasteiger partial charge in [0.1, 0.15) is 5.69 Å². The van der Waals surface area contributed by atoms with Crippen LogP contribution < -0.4 is 11.5 Å². The summed E-state index contributed by atoms with van der Waals surface area (Å²) in [4.78, 5) is 3.66. The Labute approximate surface area is 52.1 Å². The summed E-state index contributed by atoms with van der Waals surface area (Å²) >= 11 is 0. The molecule has 0 aliphatic heterocycles. The second kappa shape index (κ2) is 1.85. The van der Waals surface area contributed by atoms with Crippen LogP contribution in [0.4, 0.5) is 11.8 Å². The number of nitrogen functional groups attached to an aromatic ring is 2. The van der Waals surface area contributed by atoms with Crippen molar-refractivity contribution in [1.82, 2.24) is 15.2 Å². The van der Waals surface area contributed by atoms with E-state index in [0.717, 1.165) is 0 Å². The molecule has 1 aromatic rings. The van der Waals surface area contributed by atoms with Gasteiger partial charge < -0.3 is 11.5 Å². The molecule has 1 rings (SSSR count). The SMILES string of the molecule is Cc1nnc(N)nc1N. The zero-order valence-corrected chi connectivity index (χ0v) is 5.00. The normalized spacial score (nSPS) is 9.44. The Hall–Kier alpha value is -1.39. The van der Waals surface area contributed by atoms with Crippen LogP contribution in [0.3, 0.4) is 0 Å². The zero-order chi connectivity index (χ0) is 6.85. The van der Waals surface area contributed by atoms with E-state index in [2.05, 4.69) is 15.2 Å². The van der Waals surface area contributed by atoms with Crippen LogP contribution in [0.25, 0.3) is 0 Å². The molecule has 9 heavy (non-hydrogen) atoms. The number of hydrogen-bond donors (Lipinski definition) is 2. The Morgan fingerprint density at radius 1 is 1.22 bits per heavy atom. The molecule has 0 amide bonds. The second-order valence-corrected chi connectivity index (χ2v) is 1.64. The van der Waals surface area contributed by atoms with Crippen LogP contribution in [0.5, 0.6) is 0 Å². The van der Waals surface area contributed by atoms with Gasteiger partial charge in [0.15, 0.2) is 5.82 Å². The lowest BCUT2D eigenvalue weighted by Crippen LogP contribution is -2.03. The minimum atomic E-state index is 0.109. The lowest BCUT2D eigenvalue weighted by Gasteiger charge is -1.94. The first-order valence-corrected chi connectivity index (χ1v) is 2.42. The van der Waals surface area contributed by atoms with E-state index in [1.165, 1.54) is 0 Å². The Morgan fingerprint density at radius 2 is 1.89 bits per heavy atom. The summed E-state index contributed by atoms with van der Waals surface area (Å²) in [6.07, 6.45) is 0. The average Bonchev–Trinajstić information content (AvgIpc) is 1.80. The van der Waals surface area contributed by atoms with E-state index in [1.54, 1.807) is 6.92 Å². The summed E-state index contributed by atoms with van der Waals surface area (Å²) < 4.78 is 0. The van der Waals surface area contributed by atoms with Crippen LogP contribution in [0.1, 0.15) is 5.69 Å². The maximum atomic E-state index is 5.33. The summed E-state index contributed by atoms with van der Waals surface area (Å²) in [5.41, 5.74) is 11.1. The van der Waals surface area contributed by atoms with Gasteiger partial charge in [-0.1, -0.05) is 0 Å². The van der Waals surface area contributed by atoms with E-state index in [9.17, 15) is 0 Å². The fourth-order valence-electron chi connectivity index (χ4n) is 0.404. The minimum absolute atomic E-state index is 0.109. The van der Waals surface area contributed by atoms with Crippen LogP contribution in [-0.4, -0.2) is 15.2 Å². The molecule has 0 aliphatic carbocycles. The van der Waals surface area contributed by atoms with Crippen LogP contribution in [0.2, 0.25) is 0 Å². The molecule has 1 aromatic heterocycles. The molecular weight excluding hydrogens is 118 g/mol. The summed E-state index contributed by atoms with van der Waals surface area (Å²) in [6, 6.07) is 0. The molecule has 0 radical (unpaired) electrons. The van der Waals surface area contributed by atoms with Crippen molar-refractivity contribution in [2.24, 2.45) is 0 Å². The maximum absolute atomic E-state index is 5.33. The molecule has 0 bridgehead atoms. The number of hydrogen-bond acceptors (Lipinski definition) is 5. The summed E-state index contributed by atoms with van der Waals surface area (Å²) in [5, 5.41) is 7.09. The van der Waals surface area contributed by atoms with Crippen LogP contribution in [0, 0.1) is 6.92 Å². The molecule has 5 heteroatoms. The van der Waals surface area contributed by atoms with Crippen LogP contribution >= 0.6 is 0 Å². The molecule has 0 saturated carbocycles. The molecule has 0 fully saturated rings. The number of aryl methyl sites for hydroxylation is 1. The fraction of sp³-hybridized carbons (Fsp3) is 0.250. The van der Waals surface area contributed by atoms with E-state index in [-0.39, 0.29) is 5.95 Å². The monoisotopic (exact) mass is 125 g/mol. The highest BCUT2D eigenvalue weighted by molar-refractivity contribution is 5.35. The predicted molar refractivity (Wildman–Crippen MR) is 33.4 cm³/mol. The predicted octanol–water partition coefficient (Wildman–Crippen LogP) is -0.656. The molecule has 5 nitrogen and oxygen atoms in total. The highest BCUT2D eigenvalue weighted by atomic mass is 15.2. The number of nitrogens with two attached hydrogens (primary N) is 2. The van der Waals surface area contributed by atoms with Crippen molar-refractivity contribution in [3.63, 3.8) is 0 Å². The van der Waals surface area contributed by atoms with Gasteiger partial charge >= 0.3 is 0 Å². The van der Waals surface area contributed by atoms with E-state index in [1.807, 2.05) is 0 Å². The van der Waals surface area contributed by atoms with Crippen molar-refractivity contribution in [2.45, 2.75) is 6.92 Å². The maximum Gasteiger partial charge on any atom is 0.242 e. The van der Waals surface area contributed by atoms with Crippen LogP contribution in [0.15, 0.2) is 0 Å². The van der Waals surface area contributed by atoms with Gasteiger partial charge in [-0.05, 0) is 6.92 Å². The first-order chi connectivity index (χ1) is 4.20. The zero-order valence-electron chi connectivity index (χ0n) is 5.00. The van der Waals surface area contributed by atoms with Crippen molar-refractivity contribution in [3.05, 3.63) is 5.69 Å². The van der Waals surface area contributed by atoms with Gasteiger partial charge in [0.2, 0.25) is 5.95 Å². The second-order valence-electron chi connectivity index (χ2n) is 1.64. The molecule has 48 valence electrons. The highest BCUT2D eigenvalue weighted by Gasteiger charge is 1.95. The van der Waals surface area contributed by atoms with Crippen molar-refractivity contribution in [3.8, 4) is 0 Å². The van der Waals surface area contributed by atoms with Crippen molar-refractivity contribution >= 4 is 11.8 Å². The third-order valence-corrected chi connectivity index (χ3v) is 0.908. The van der Waals surface area contributed by atoms with E-state index >= 15 is 0 Å². The molecule has 1 heterocycles. The smallest absolute Gasteiger partial charge is 0.242 e. The number of nitrogens with zero attached hydrogens (tertiary/aromatic N) is 3. The molecular formula is C4H7N5. The Morgan fingerprint density at radius 3 is 2.33 bits per heavy atom. The largest absolute Gasteiger partial charge is 0.382 e. The van der Waals surface area contributed by atoms with E-state index in [0.29, 0.717) is 11.5 Å². The number of rotatable bonds is 0. The third-order valence-electron chi connectivity index (χ3n) is 0.908. The van der Waals surface area contributed by atoms with Gasteiger partial charge in [-0.15, -0.1) is 10.2 Å². The molecule has 0 aromatic carbocycles. The average molecular weight is 125 g/mol. The first kappa shape index (κ1) is 5.74. The van der Waals surface area contributed by atoms with E-state index < -0.39 is 0 Å². The quantitative estimate of drug-likeness (QED) is 0.480. The van der Waals surface area contributed by atoms with Crippen molar-refractivity contribution in [2.75, 3.05) is 11.5 Å². The summed E-state index contributed by atoms with van der Waals surface area (Å²) in [7, 11) is 0. The van der Waals surface area contributed by atoms with Gasteiger partial charge in [0.05, 0.1) is 0 Å². The van der Waals surface area contributed by atoms with Gasteiger partial charge in [-0.25, -0.2) is 0 Å². The minimum Gasteiger partial charge on any atom is -0.382 e. The van der Waals surface area contributed by atoms with Gasteiger partial charge in [0, 0.05) is 0 Å². The molecule has 0 spiro atoms. The Kier molecular flexibility index (Phi) is 1.18. The fourth-order valence-corrected chi connectivity index (χ4v) is 0.404. The Balaban J connectivity index is 3.17. The van der Waals surface area contributed by atoms with E-state index in [4.69, 9.17) is 11.5 Å². The van der Waals surface area contributed by atoms with Crippen LogP contribution in [-0.2, 0) is 0 Å². The first-order valence-electron chi connectivity index (χ1n) is 2.42. The summed E-state index contributed by atoms with van der Waals surface area (Å²) in [6.45, 7) is 1.72. The number of anilines is 2. The molecule has 0 saturated heterocycles. The topological polar surface area (TPSA) is 90.7 Å². The summed E-state index contributed by atoms with van der Waals surface area (Å²) in [5.74, 6) is 0.445.